The Morgan fingerprint density at radius 2 is 1.58 bits per heavy atom. The summed E-state index contributed by atoms with van der Waals surface area (Å²) in [4.78, 5) is 12.1. The SMILES string of the molecule is O=C(CNc1ccc(Oc2ccccc2)cc1)Nc1cc(Cl)ccc1Cl. The zero-order valence-electron chi connectivity index (χ0n) is 13.7. The van der Waals surface area contributed by atoms with Crippen LogP contribution in [0.4, 0.5) is 11.4 Å². The fraction of sp³-hybridized carbons (Fsp3) is 0.0500. The number of rotatable bonds is 6. The van der Waals surface area contributed by atoms with E-state index in [0.717, 1.165) is 17.2 Å². The van der Waals surface area contributed by atoms with Crippen LogP contribution >= 0.6 is 23.2 Å². The van der Waals surface area contributed by atoms with Gasteiger partial charge in [-0.05, 0) is 54.6 Å². The lowest BCUT2D eigenvalue weighted by Crippen LogP contribution is -2.21. The molecule has 0 bridgehead atoms. The highest BCUT2D eigenvalue weighted by Gasteiger charge is 2.07. The normalized spacial score (nSPS) is 10.2. The Morgan fingerprint density at radius 3 is 2.31 bits per heavy atom. The maximum Gasteiger partial charge on any atom is 0.243 e. The van der Waals surface area contributed by atoms with Gasteiger partial charge in [-0.25, -0.2) is 0 Å². The monoisotopic (exact) mass is 386 g/mol. The Bertz CT molecular complexity index is 884. The molecule has 1 amide bonds. The second kappa shape index (κ2) is 8.61. The van der Waals surface area contributed by atoms with E-state index < -0.39 is 0 Å². The highest BCUT2D eigenvalue weighted by molar-refractivity contribution is 6.35. The Balaban J connectivity index is 1.53. The average molecular weight is 387 g/mol. The predicted molar refractivity (Wildman–Crippen MR) is 107 cm³/mol. The van der Waals surface area contributed by atoms with Gasteiger partial charge in [-0.3, -0.25) is 4.79 Å². The van der Waals surface area contributed by atoms with Crippen LogP contribution in [0, 0.1) is 0 Å². The largest absolute Gasteiger partial charge is 0.457 e. The minimum absolute atomic E-state index is 0.0989. The van der Waals surface area contributed by atoms with Crippen LogP contribution < -0.4 is 15.4 Å². The van der Waals surface area contributed by atoms with Crippen LogP contribution in [0.3, 0.4) is 0 Å². The van der Waals surface area contributed by atoms with Crippen molar-refractivity contribution in [1.29, 1.82) is 0 Å². The Hall–Kier alpha value is -2.69. The van der Waals surface area contributed by atoms with Gasteiger partial charge in [0.1, 0.15) is 11.5 Å². The van der Waals surface area contributed by atoms with Gasteiger partial charge in [-0.15, -0.1) is 0 Å². The van der Waals surface area contributed by atoms with Crippen LogP contribution in [-0.2, 0) is 4.79 Å². The summed E-state index contributed by atoms with van der Waals surface area (Å²) in [5, 5.41) is 6.71. The molecule has 3 aromatic rings. The second-order valence-electron chi connectivity index (χ2n) is 5.47. The zero-order chi connectivity index (χ0) is 18.4. The minimum Gasteiger partial charge on any atom is -0.457 e. The summed E-state index contributed by atoms with van der Waals surface area (Å²) in [6, 6.07) is 21.8. The molecule has 0 heterocycles. The lowest BCUT2D eigenvalue weighted by molar-refractivity contribution is -0.114. The fourth-order valence-electron chi connectivity index (χ4n) is 2.24. The van der Waals surface area contributed by atoms with Crippen molar-refractivity contribution < 1.29 is 9.53 Å². The smallest absolute Gasteiger partial charge is 0.243 e. The van der Waals surface area contributed by atoms with E-state index in [1.807, 2.05) is 54.6 Å². The molecule has 4 nitrogen and oxygen atoms in total. The van der Waals surface area contributed by atoms with Crippen molar-refractivity contribution >= 4 is 40.5 Å². The summed E-state index contributed by atoms with van der Waals surface area (Å²) in [6.07, 6.45) is 0. The van der Waals surface area contributed by atoms with Gasteiger partial charge < -0.3 is 15.4 Å². The molecular formula is C20H16Cl2N2O2. The minimum atomic E-state index is -0.223. The van der Waals surface area contributed by atoms with Crippen LogP contribution in [-0.4, -0.2) is 12.5 Å². The van der Waals surface area contributed by atoms with Crippen molar-refractivity contribution in [3.63, 3.8) is 0 Å². The summed E-state index contributed by atoms with van der Waals surface area (Å²) in [5.41, 5.74) is 1.29. The van der Waals surface area contributed by atoms with Gasteiger partial charge >= 0.3 is 0 Å². The molecule has 0 aromatic heterocycles. The fourth-order valence-corrected chi connectivity index (χ4v) is 2.57. The maximum absolute atomic E-state index is 12.1. The first-order valence-electron chi connectivity index (χ1n) is 7.92. The summed E-state index contributed by atoms with van der Waals surface area (Å²) < 4.78 is 5.73. The van der Waals surface area contributed by atoms with Crippen molar-refractivity contribution in [3.05, 3.63) is 82.8 Å². The van der Waals surface area contributed by atoms with E-state index in [-0.39, 0.29) is 12.5 Å². The number of nitrogens with one attached hydrogen (secondary N) is 2. The highest BCUT2D eigenvalue weighted by atomic mass is 35.5. The third-order valence-corrected chi connectivity index (χ3v) is 4.05. The molecule has 0 fully saturated rings. The number of hydrogen-bond donors (Lipinski definition) is 2. The number of benzene rings is 3. The van der Waals surface area contributed by atoms with E-state index in [0.29, 0.717) is 15.7 Å². The van der Waals surface area contributed by atoms with Gasteiger partial charge in [0, 0.05) is 10.7 Å². The van der Waals surface area contributed by atoms with Crippen molar-refractivity contribution in [1.82, 2.24) is 0 Å². The molecule has 2 N–H and O–H groups in total. The lowest BCUT2D eigenvalue weighted by Gasteiger charge is -2.10. The van der Waals surface area contributed by atoms with Crippen LogP contribution in [0.25, 0.3) is 0 Å². The zero-order valence-corrected chi connectivity index (χ0v) is 15.2. The summed E-state index contributed by atoms with van der Waals surface area (Å²) in [7, 11) is 0. The van der Waals surface area contributed by atoms with E-state index in [1.54, 1.807) is 18.2 Å². The van der Waals surface area contributed by atoms with Crippen molar-refractivity contribution in [2.45, 2.75) is 0 Å². The summed E-state index contributed by atoms with van der Waals surface area (Å²) in [6.45, 7) is 0.0989. The van der Waals surface area contributed by atoms with Gasteiger partial charge in [0.2, 0.25) is 5.91 Å². The molecule has 0 aliphatic carbocycles. The molecule has 0 saturated carbocycles. The standard InChI is InChI=1S/C20H16Cl2N2O2/c21-14-6-11-18(22)19(12-14)24-20(25)13-23-15-7-9-17(10-8-15)26-16-4-2-1-3-5-16/h1-12,23H,13H2,(H,24,25). The molecule has 0 aliphatic heterocycles. The number of hydrogen-bond acceptors (Lipinski definition) is 3. The predicted octanol–water partition coefficient (Wildman–Crippen LogP) is 5.84. The van der Waals surface area contributed by atoms with Crippen LogP contribution in [0.5, 0.6) is 11.5 Å². The number of amides is 1. The number of carbonyl (C=O) groups excluding carboxylic acids is 1. The van der Waals surface area contributed by atoms with Gasteiger partial charge in [0.25, 0.3) is 0 Å². The van der Waals surface area contributed by atoms with Gasteiger partial charge in [0.15, 0.2) is 0 Å². The second-order valence-corrected chi connectivity index (χ2v) is 6.31. The molecule has 0 unspecified atom stereocenters. The average Bonchev–Trinajstić information content (AvgIpc) is 2.65. The van der Waals surface area contributed by atoms with Crippen LogP contribution in [0.2, 0.25) is 10.0 Å². The summed E-state index contributed by atoms with van der Waals surface area (Å²) in [5.74, 6) is 1.27. The highest BCUT2D eigenvalue weighted by Crippen LogP contribution is 2.25. The molecule has 132 valence electrons. The third-order valence-electron chi connectivity index (χ3n) is 3.49. The number of ether oxygens (including phenoxy) is 1. The number of para-hydroxylation sites is 1. The first-order chi connectivity index (χ1) is 12.6. The van der Waals surface area contributed by atoms with Gasteiger partial charge in [-0.1, -0.05) is 41.4 Å². The quantitative estimate of drug-likeness (QED) is 0.559. The van der Waals surface area contributed by atoms with Crippen molar-refractivity contribution in [3.8, 4) is 11.5 Å². The Labute approximate surface area is 161 Å². The summed E-state index contributed by atoms with van der Waals surface area (Å²) >= 11 is 11.9. The topological polar surface area (TPSA) is 50.4 Å². The Kier molecular flexibility index (Phi) is 6.00. The van der Waals surface area contributed by atoms with E-state index in [1.165, 1.54) is 0 Å². The third kappa shape index (κ3) is 5.15. The lowest BCUT2D eigenvalue weighted by atomic mass is 10.3. The number of carbonyl (C=O) groups is 1. The van der Waals surface area contributed by atoms with Crippen LogP contribution in [0.1, 0.15) is 0 Å². The molecule has 3 rings (SSSR count). The number of anilines is 2. The molecule has 0 aliphatic rings. The van der Waals surface area contributed by atoms with E-state index >= 15 is 0 Å². The molecule has 0 atom stereocenters. The van der Waals surface area contributed by atoms with Gasteiger partial charge in [-0.2, -0.15) is 0 Å². The molecule has 0 spiro atoms. The maximum atomic E-state index is 12.1. The van der Waals surface area contributed by atoms with E-state index in [2.05, 4.69) is 10.6 Å². The molecule has 0 saturated heterocycles. The van der Waals surface area contributed by atoms with E-state index in [9.17, 15) is 4.79 Å². The van der Waals surface area contributed by atoms with E-state index in [4.69, 9.17) is 27.9 Å². The van der Waals surface area contributed by atoms with Crippen LogP contribution in [0.15, 0.2) is 72.8 Å². The van der Waals surface area contributed by atoms with Gasteiger partial charge in [0.05, 0.1) is 17.3 Å². The van der Waals surface area contributed by atoms with Crippen molar-refractivity contribution in [2.75, 3.05) is 17.2 Å². The first-order valence-corrected chi connectivity index (χ1v) is 8.67. The molecule has 0 radical (unpaired) electrons. The molecular weight excluding hydrogens is 371 g/mol. The molecule has 26 heavy (non-hydrogen) atoms. The first kappa shape index (κ1) is 18.1. The molecule has 6 heteroatoms. The Morgan fingerprint density at radius 1 is 0.885 bits per heavy atom. The molecule has 3 aromatic carbocycles. The van der Waals surface area contributed by atoms with Crippen molar-refractivity contribution in [2.24, 2.45) is 0 Å². The number of halogens is 2.